The first-order valence-electron chi connectivity index (χ1n) is 6.19. The van der Waals surface area contributed by atoms with Gasteiger partial charge in [0.1, 0.15) is 5.82 Å². The zero-order valence-corrected chi connectivity index (χ0v) is 11.4. The molecule has 2 N–H and O–H groups in total. The number of aromatic nitrogens is 2. The summed E-state index contributed by atoms with van der Waals surface area (Å²) in [7, 11) is 0. The van der Waals surface area contributed by atoms with E-state index >= 15 is 0 Å². The SMILES string of the molecule is CC(C)(C)C(N)c1nc(Cc2cccc(F)c2)no1. The van der Waals surface area contributed by atoms with Gasteiger partial charge in [-0.2, -0.15) is 4.98 Å². The van der Waals surface area contributed by atoms with Crippen LogP contribution in [0.4, 0.5) is 4.39 Å². The predicted octanol–water partition coefficient (Wildman–Crippen LogP) is 2.85. The summed E-state index contributed by atoms with van der Waals surface area (Å²) in [6.07, 6.45) is 0.429. The van der Waals surface area contributed by atoms with Gasteiger partial charge in [0.15, 0.2) is 5.82 Å². The van der Waals surface area contributed by atoms with E-state index in [4.69, 9.17) is 10.3 Å². The molecule has 1 atom stereocenters. The lowest BCUT2D eigenvalue weighted by atomic mass is 9.87. The van der Waals surface area contributed by atoms with Crippen LogP contribution in [-0.4, -0.2) is 10.1 Å². The second kappa shape index (κ2) is 5.09. The standard InChI is InChI=1S/C14H18FN3O/c1-14(2,3)12(16)13-17-11(18-19-13)8-9-5-4-6-10(15)7-9/h4-7,12H,8,16H2,1-3H3. The van der Waals surface area contributed by atoms with Crippen molar-refractivity contribution in [1.29, 1.82) is 0 Å². The maximum Gasteiger partial charge on any atom is 0.244 e. The van der Waals surface area contributed by atoms with E-state index in [1.807, 2.05) is 26.8 Å². The molecule has 0 bridgehead atoms. The fourth-order valence-corrected chi connectivity index (χ4v) is 1.67. The molecule has 19 heavy (non-hydrogen) atoms. The highest BCUT2D eigenvalue weighted by atomic mass is 19.1. The van der Waals surface area contributed by atoms with Gasteiger partial charge in [0.2, 0.25) is 5.89 Å². The highest BCUT2D eigenvalue weighted by Crippen LogP contribution is 2.29. The Morgan fingerprint density at radius 1 is 1.37 bits per heavy atom. The maximum absolute atomic E-state index is 13.1. The summed E-state index contributed by atoms with van der Waals surface area (Å²) in [6.45, 7) is 6.02. The summed E-state index contributed by atoms with van der Waals surface area (Å²) in [5.74, 6) is 0.659. The van der Waals surface area contributed by atoms with Crippen LogP contribution in [0.3, 0.4) is 0 Å². The molecule has 0 aliphatic carbocycles. The zero-order chi connectivity index (χ0) is 14.0. The molecule has 0 aliphatic rings. The molecule has 0 fully saturated rings. The van der Waals surface area contributed by atoms with Crippen LogP contribution in [0.15, 0.2) is 28.8 Å². The van der Waals surface area contributed by atoms with Crippen molar-refractivity contribution in [2.45, 2.75) is 33.2 Å². The van der Waals surface area contributed by atoms with Gasteiger partial charge in [-0.25, -0.2) is 4.39 Å². The number of hydrogen-bond acceptors (Lipinski definition) is 4. The van der Waals surface area contributed by atoms with Crippen LogP contribution in [0, 0.1) is 11.2 Å². The Morgan fingerprint density at radius 3 is 2.74 bits per heavy atom. The lowest BCUT2D eigenvalue weighted by molar-refractivity contribution is 0.252. The van der Waals surface area contributed by atoms with Crippen molar-refractivity contribution >= 4 is 0 Å². The molecule has 0 amide bonds. The molecule has 5 heteroatoms. The van der Waals surface area contributed by atoms with Crippen LogP contribution in [0.5, 0.6) is 0 Å². The van der Waals surface area contributed by atoms with Gasteiger partial charge in [-0.1, -0.05) is 38.1 Å². The van der Waals surface area contributed by atoms with Crippen LogP contribution in [-0.2, 0) is 6.42 Å². The molecule has 0 saturated carbocycles. The topological polar surface area (TPSA) is 64.9 Å². The van der Waals surface area contributed by atoms with Crippen LogP contribution < -0.4 is 5.73 Å². The third kappa shape index (κ3) is 3.38. The van der Waals surface area contributed by atoms with Gasteiger partial charge in [0.25, 0.3) is 0 Å². The van der Waals surface area contributed by atoms with Gasteiger partial charge < -0.3 is 10.3 Å². The van der Waals surface area contributed by atoms with Crippen LogP contribution in [0.2, 0.25) is 0 Å². The fraction of sp³-hybridized carbons (Fsp3) is 0.429. The minimum Gasteiger partial charge on any atom is -0.338 e. The molecule has 1 aromatic carbocycles. The first kappa shape index (κ1) is 13.7. The van der Waals surface area contributed by atoms with Crippen LogP contribution in [0.1, 0.15) is 44.1 Å². The average Bonchev–Trinajstić information content (AvgIpc) is 2.75. The normalized spacial score (nSPS) is 13.5. The number of benzene rings is 1. The van der Waals surface area contributed by atoms with E-state index in [0.717, 1.165) is 5.56 Å². The van der Waals surface area contributed by atoms with Crippen LogP contribution >= 0.6 is 0 Å². The summed E-state index contributed by atoms with van der Waals surface area (Å²) in [6, 6.07) is 6.02. The minimum atomic E-state index is -0.318. The van der Waals surface area contributed by atoms with Gasteiger partial charge >= 0.3 is 0 Å². The van der Waals surface area contributed by atoms with E-state index in [0.29, 0.717) is 18.1 Å². The summed E-state index contributed by atoms with van der Waals surface area (Å²) in [4.78, 5) is 4.28. The monoisotopic (exact) mass is 263 g/mol. The molecular weight excluding hydrogens is 245 g/mol. The van der Waals surface area contributed by atoms with Gasteiger partial charge in [0, 0.05) is 6.42 Å². The molecule has 1 heterocycles. The molecule has 0 radical (unpaired) electrons. The van der Waals surface area contributed by atoms with Crippen molar-refractivity contribution in [3.05, 3.63) is 47.4 Å². The van der Waals surface area contributed by atoms with E-state index in [-0.39, 0.29) is 17.3 Å². The predicted molar refractivity (Wildman–Crippen MR) is 69.9 cm³/mol. The first-order valence-corrected chi connectivity index (χ1v) is 6.19. The lowest BCUT2D eigenvalue weighted by Gasteiger charge is -2.23. The number of nitrogens with zero attached hydrogens (tertiary/aromatic N) is 2. The quantitative estimate of drug-likeness (QED) is 0.924. The van der Waals surface area contributed by atoms with Crippen LogP contribution in [0.25, 0.3) is 0 Å². The molecule has 1 unspecified atom stereocenters. The van der Waals surface area contributed by atoms with Crippen molar-refractivity contribution in [1.82, 2.24) is 10.1 Å². The Hall–Kier alpha value is -1.75. The summed E-state index contributed by atoms with van der Waals surface area (Å²) in [5.41, 5.74) is 6.70. The molecule has 0 spiro atoms. The third-order valence-electron chi connectivity index (χ3n) is 2.93. The zero-order valence-electron chi connectivity index (χ0n) is 11.4. The van der Waals surface area contributed by atoms with Gasteiger partial charge in [-0.3, -0.25) is 0 Å². The molecule has 2 aromatic rings. The third-order valence-corrected chi connectivity index (χ3v) is 2.93. The van der Waals surface area contributed by atoms with Crippen molar-refractivity contribution in [3.8, 4) is 0 Å². The fourth-order valence-electron chi connectivity index (χ4n) is 1.67. The maximum atomic E-state index is 13.1. The first-order chi connectivity index (χ1) is 8.86. The Morgan fingerprint density at radius 2 is 2.11 bits per heavy atom. The van der Waals surface area contributed by atoms with E-state index in [1.54, 1.807) is 6.07 Å². The second-order valence-electron chi connectivity index (χ2n) is 5.70. The largest absolute Gasteiger partial charge is 0.338 e. The Labute approximate surface area is 111 Å². The van der Waals surface area contributed by atoms with E-state index < -0.39 is 0 Å². The smallest absolute Gasteiger partial charge is 0.244 e. The van der Waals surface area contributed by atoms with Crippen molar-refractivity contribution in [2.24, 2.45) is 11.1 Å². The molecule has 4 nitrogen and oxygen atoms in total. The highest BCUT2D eigenvalue weighted by Gasteiger charge is 2.27. The highest BCUT2D eigenvalue weighted by molar-refractivity contribution is 5.19. The number of halogens is 1. The Kier molecular flexibility index (Phi) is 3.66. The van der Waals surface area contributed by atoms with E-state index in [2.05, 4.69) is 10.1 Å². The second-order valence-corrected chi connectivity index (χ2v) is 5.70. The van der Waals surface area contributed by atoms with Crippen molar-refractivity contribution < 1.29 is 8.91 Å². The van der Waals surface area contributed by atoms with E-state index in [1.165, 1.54) is 12.1 Å². The number of rotatable bonds is 3. The van der Waals surface area contributed by atoms with Gasteiger partial charge in [-0.05, 0) is 23.1 Å². The van der Waals surface area contributed by atoms with Crippen molar-refractivity contribution in [3.63, 3.8) is 0 Å². The van der Waals surface area contributed by atoms with Gasteiger partial charge in [-0.15, -0.1) is 0 Å². The summed E-state index contributed by atoms with van der Waals surface area (Å²) >= 11 is 0. The minimum absolute atomic E-state index is 0.150. The lowest BCUT2D eigenvalue weighted by Crippen LogP contribution is -2.26. The Balaban J connectivity index is 2.14. The molecule has 0 aliphatic heterocycles. The summed E-state index contributed by atoms with van der Waals surface area (Å²) < 4.78 is 18.3. The molecule has 2 rings (SSSR count). The summed E-state index contributed by atoms with van der Waals surface area (Å²) in [5, 5.41) is 3.89. The molecule has 1 aromatic heterocycles. The number of nitrogens with two attached hydrogens (primary N) is 1. The molecule has 102 valence electrons. The average molecular weight is 263 g/mol. The van der Waals surface area contributed by atoms with Crippen molar-refractivity contribution in [2.75, 3.05) is 0 Å². The number of hydrogen-bond donors (Lipinski definition) is 1. The van der Waals surface area contributed by atoms with E-state index in [9.17, 15) is 4.39 Å². The van der Waals surface area contributed by atoms with Gasteiger partial charge in [0.05, 0.1) is 6.04 Å². The molecule has 0 saturated heterocycles. The Bertz CT molecular complexity index is 560. The molecular formula is C14H18FN3O.